The van der Waals surface area contributed by atoms with Crippen molar-refractivity contribution in [2.45, 2.75) is 77.5 Å². The highest BCUT2D eigenvalue weighted by Gasteiger charge is 2.40. The summed E-state index contributed by atoms with van der Waals surface area (Å²) in [6, 6.07) is 10.7. The quantitative estimate of drug-likeness (QED) is 0.338. The van der Waals surface area contributed by atoms with Gasteiger partial charge in [0.2, 0.25) is 5.95 Å². The molecule has 0 bridgehead atoms. The third kappa shape index (κ3) is 8.48. The number of hydrogen-bond donors (Lipinski definition) is 0. The lowest BCUT2D eigenvalue weighted by molar-refractivity contribution is -0.156. The van der Waals surface area contributed by atoms with Crippen molar-refractivity contribution in [3.63, 3.8) is 0 Å². The van der Waals surface area contributed by atoms with Crippen LogP contribution in [0.2, 0.25) is 0 Å². The molecule has 0 aliphatic carbocycles. The highest BCUT2D eigenvalue weighted by Crippen LogP contribution is 2.32. The molecule has 8 heteroatoms. The van der Waals surface area contributed by atoms with E-state index in [0.717, 1.165) is 76.7 Å². The Kier molecular flexibility index (Phi) is 9.74. The van der Waals surface area contributed by atoms with Gasteiger partial charge < -0.3 is 19.1 Å². The van der Waals surface area contributed by atoms with Crippen LogP contribution in [0.25, 0.3) is 0 Å². The van der Waals surface area contributed by atoms with Crippen LogP contribution in [0.3, 0.4) is 0 Å². The minimum Gasteiger partial charge on any atom is -0.460 e. The van der Waals surface area contributed by atoms with Crippen molar-refractivity contribution in [3.8, 4) is 0 Å². The normalized spacial score (nSPS) is 18.1. The predicted molar refractivity (Wildman–Crippen MR) is 148 cm³/mol. The van der Waals surface area contributed by atoms with E-state index in [1.54, 1.807) is 0 Å². The fourth-order valence-electron chi connectivity index (χ4n) is 5.15. The van der Waals surface area contributed by atoms with Crippen LogP contribution in [0, 0.1) is 0 Å². The third-order valence-corrected chi connectivity index (χ3v) is 7.16. The summed E-state index contributed by atoms with van der Waals surface area (Å²) in [5, 5.41) is 0. The third-order valence-electron chi connectivity index (χ3n) is 7.16. The number of benzene rings is 1. The second-order valence-electron chi connectivity index (χ2n) is 11.4. The molecule has 0 atom stereocenters. The Hall–Kier alpha value is -2.55. The van der Waals surface area contributed by atoms with Crippen LogP contribution in [0.5, 0.6) is 0 Å². The molecular formula is C30H44N4O4. The average molecular weight is 525 g/mol. The summed E-state index contributed by atoms with van der Waals surface area (Å²) in [5.41, 5.74) is 3.10. The van der Waals surface area contributed by atoms with Crippen LogP contribution in [-0.4, -0.2) is 78.0 Å². The van der Waals surface area contributed by atoms with Gasteiger partial charge in [0.25, 0.3) is 0 Å². The Morgan fingerprint density at radius 1 is 1.11 bits per heavy atom. The van der Waals surface area contributed by atoms with Crippen LogP contribution >= 0.6 is 0 Å². The minimum absolute atomic E-state index is 0.112. The Labute approximate surface area is 227 Å². The molecule has 2 aromatic rings. The number of carbonyl (C=O) groups excluding carboxylic acids is 1. The maximum absolute atomic E-state index is 11.8. The van der Waals surface area contributed by atoms with Gasteiger partial charge >= 0.3 is 5.97 Å². The second kappa shape index (κ2) is 13.0. The van der Waals surface area contributed by atoms with E-state index < -0.39 is 5.60 Å². The largest absolute Gasteiger partial charge is 0.460 e. The van der Waals surface area contributed by atoms with E-state index >= 15 is 0 Å². The maximum Gasteiger partial charge on any atom is 0.308 e. The number of esters is 1. The number of rotatable bonds is 10. The molecule has 0 N–H and O–H groups in total. The van der Waals surface area contributed by atoms with Gasteiger partial charge in [-0.3, -0.25) is 9.69 Å². The number of aryl methyl sites for hydroxylation is 1. The van der Waals surface area contributed by atoms with Crippen LogP contribution in [0.4, 0.5) is 5.95 Å². The predicted octanol–water partition coefficient (Wildman–Crippen LogP) is 4.20. The van der Waals surface area contributed by atoms with Gasteiger partial charge in [0.1, 0.15) is 5.60 Å². The van der Waals surface area contributed by atoms with Gasteiger partial charge in [0, 0.05) is 38.1 Å². The minimum atomic E-state index is -0.452. The molecule has 208 valence electrons. The molecule has 4 rings (SSSR count). The fourth-order valence-corrected chi connectivity index (χ4v) is 5.15. The van der Waals surface area contributed by atoms with Gasteiger partial charge in [-0.15, -0.1) is 0 Å². The van der Waals surface area contributed by atoms with Gasteiger partial charge in [-0.1, -0.05) is 31.2 Å². The molecule has 2 aliphatic rings. The molecule has 0 saturated carbocycles. The Balaban J connectivity index is 1.20. The summed E-state index contributed by atoms with van der Waals surface area (Å²) in [4.78, 5) is 25.9. The van der Waals surface area contributed by atoms with E-state index in [2.05, 4.69) is 46.0 Å². The summed E-state index contributed by atoms with van der Waals surface area (Å²) >= 11 is 0. The number of hydrogen-bond acceptors (Lipinski definition) is 8. The standard InChI is InChI=1S/C30H44N4O4/c1-5-26-9-14-31-28(32-26)34-17-20-37-30(23-34)12-15-33(16-13-30)22-25-8-6-7-24(21-25)10-18-36-19-11-27(35)38-29(2,3)4/h6-9,14,21H,5,10-13,15-20,22-23H2,1-4H3. The number of carbonyl (C=O) groups is 1. The van der Waals surface area contributed by atoms with Crippen molar-refractivity contribution < 1.29 is 19.0 Å². The van der Waals surface area contributed by atoms with E-state index in [4.69, 9.17) is 19.2 Å². The van der Waals surface area contributed by atoms with E-state index in [1.807, 2.05) is 33.0 Å². The van der Waals surface area contributed by atoms with Crippen LogP contribution in [-0.2, 0) is 38.4 Å². The van der Waals surface area contributed by atoms with E-state index in [0.29, 0.717) is 13.2 Å². The molecule has 2 fully saturated rings. The van der Waals surface area contributed by atoms with Crippen molar-refractivity contribution >= 4 is 11.9 Å². The summed E-state index contributed by atoms with van der Waals surface area (Å²) in [7, 11) is 0. The molecule has 8 nitrogen and oxygen atoms in total. The zero-order valence-corrected chi connectivity index (χ0v) is 23.6. The first-order chi connectivity index (χ1) is 18.2. The number of likely N-dealkylation sites (tertiary alicyclic amines) is 1. The van der Waals surface area contributed by atoms with Gasteiger partial charge in [0.15, 0.2) is 0 Å². The molecule has 1 spiro atoms. The van der Waals surface area contributed by atoms with E-state index in [1.165, 1.54) is 11.1 Å². The zero-order valence-electron chi connectivity index (χ0n) is 23.6. The first-order valence-corrected chi connectivity index (χ1v) is 14.0. The van der Waals surface area contributed by atoms with Crippen molar-refractivity contribution in [2.75, 3.05) is 50.9 Å². The second-order valence-corrected chi connectivity index (χ2v) is 11.4. The first kappa shape index (κ1) is 28.5. The van der Waals surface area contributed by atoms with Crippen molar-refractivity contribution in [1.29, 1.82) is 0 Å². The van der Waals surface area contributed by atoms with Gasteiger partial charge in [0.05, 0.1) is 38.4 Å². The first-order valence-electron chi connectivity index (χ1n) is 14.0. The Morgan fingerprint density at radius 2 is 1.89 bits per heavy atom. The lowest BCUT2D eigenvalue weighted by atomic mass is 9.89. The van der Waals surface area contributed by atoms with Crippen LogP contribution in [0.1, 0.15) is 63.8 Å². The molecule has 3 heterocycles. The molecular weight excluding hydrogens is 480 g/mol. The van der Waals surface area contributed by atoms with E-state index in [9.17, 15) is 4.79 Å². The summed E-state index contributed by atoms with van der Waals surface area (Å²) in [5.74, 6) is 0.619. The molecule has 2 aliphatic heterocycles. The number of nitrogens with zero attached hydrogens (tertiary/aromatic N) is 4. The van der Waals surface area contributed by atoms with Gasteiger partial charge in [-0.2, -0.15) is 0 Å². The van der Waals surface area contributed by atoms with Crippen LogP contribution < -0.4 is 4.90 Å². The zero-order chi connectivity index (χ0) is 27.0. The van der Waals surface area contributed by atoms with Crippen molar-refractivity contribution in [2.24, 2.45) is 0 Å². The molecule has 38 heavy (non-hydrogen) atoms. The summed E-state index contributed by atoms with van der Waals surface area (Å²) in [6.45, 7) is 14.1. The fraction of sp³-hybridized carbons (Fsp3) is 0.633. The Morgan fingerprint density at radius 3 is 2.66 bits per heavy atom. The van der Waals surface area contributed by atoms with Gasteiger partial charge in [-0.25, -0.2) is 9.97 Å². The molecule has 1 aromatic heterocycles. The van der Waals surface area contributed by atoms with Crippen molar-refractivity contribution in [1.82, 2.24) is 14.9 Å². The lowest BCUT2D eigenvalue weighted by Crippen LogP contribution is -2.57. The highest BCUT2D eigenvalue weighted by molar-refractivity contribution is 5.69. The summed E-state index contributed by atoms with van der Waals surface area (Å²) in [6.07, 6.45) is 5.94. The monoisotopic (exact) mass is 524 g/mol. The molecule has 1 aromatic carbocycles. The van der Waals surface area contributed by atoms with Gasteiger partial charge in [-0.05, 0) is 63.6 Å². The van der Waals surface area contributed by atoms with E-state index in [-0.39, 0.29) is 18.0 Å². The average Bonchev–Trinajstić information content (AvgIpc) is 2.89. The van der Waals surface area contributed by atoms with Crippen LogP contribution in [0.15, 0.2) is 36.5 Å². The number of ether oxygens (including phenoxy) is 3. The molecule has 2 saturated heterocycles. The lowest BCUT2D eigenvalue weighted by Gasteiger charge is -2.47. The maximum atomic E-state index is 11.8. The molecule has 0 amide bonds. The smallest absolute Gasteiger partial charge is 0.308 e. The summed E-state index contributed by atoms with van der Waals surface area (Å²) < 4.78 is 17.4. The number of aromatic nitrogens is 2. The number of piperidine rings is 1. The molecule has 0 unspecified atom stereocenters. The van der Waals surface area contributed by atoms with Crippen molar-refractivity contribution in [3.05, 3.63) is 53.3 Å². The highest BCUT2D eigenvalue weighted by atomic mass is 16.6. The number of anilines is 1. The topological polar surface area (TPSA) is 77.0 Å². The number of morpholine rings is 1. The SMILES string of the molecule is CCc1ccnc(N2CCOC3(CCN(Cc4cccc(CCOCCC(=O)OC(C)(C)C)c4)CC3)C2)n1. The molecule has 0 radical (unpaired) electrons. The Bertz CT molecular complexity index is 1050.